The van der Waals surface area contributed by atoms with E-state index in [0.29, 0.717) is 11.6 Å². The number of carbonyl (C=O) groups excluding carboxylic acids is 1. The first kappa shape index (κ1) is 12.9. The zero-order valence-corrected chi connectivity index (χ0v) is 11.1. The number of rotatable bonds is 3. The molecule has 0 aromatic heterocycles. The normalized spacial score (nSPS) is 23.4. The summed E-state index contributed by atoms with van der Waals surface area (Å²) in [6.45, 7) is 2.26. The molecule has 1 fully saturated rings. The van der Waals surface area contributed by atoms with Crippen molar-refractivity contribution in [3.8, 4) is 5.75 Å². The number of benzene rings is 1. The molecule has 2 atom stereocenters. The van der Waals surface area contributed by atoms with Gasteiger partial charge in [-0.1, -0.05) is 19.8 Å². The quantitative estimate of drug-likeness (QED) is 0.891. The molecule has 2 rings (SSSR count). The van der Waals surface area contributed by atoms with Gasteiger partial charge in [0.25, 0.3) is 5.91 Å². The molecule has 1 amide bonds. The largest absolute Gasteiger partial charge is 0.497 e. The lowest BCUT2D eigenvalue weighted by Gasteiger charge is -2.27. The smallest absolute Gasteiger partial charge is 0.251 e. The molecule has 18 heavy (non-hydrogen) atoms. The summed E-state index contributed by atoms with van der Waals surface area (Å²) in [6, 6.07) is 7.58. The Morgan fingerprint density at radius 2 is 2.00 bits per heavy atom. The van der Waals surface area contributed by atoms with Crippen molar-refractivity contribution < 1.29 is 9.53 Å². The van der Waals surface area contributed by atoms with Crippen molar-refractivity contribution in [1.82, 2.24) is 5.32 Å². The van der Waals surface area contributed by atoms with Gasteiger partial charge in [0.05, 0.1) is 7.11 Å². The van der Waals surface area contributed by atoms with Gasteiger partial charge in [-0.15, -0.1) is 0 Å². The number of carbonyl (C=O) groups is 1. The van der Waals surface area contributed by atoms with Gasteiger partial charge in [0, 0.05) is 11.6 Å². The monoisotopic (exact) mass is 247 g/mol. The van der Waals surface area contributed by atoms with Gasteiger partial charge in [-0.05, 0) is 43.0 Å². The first-order valence-electron chi connectivity index (χ1n) is 6.64. The molecule has 0 aliphatic heterocycles. The molecule has 3 heteroatoms. The van der Waals surface area contributed by atoms with Crippen LogP contribution in [0.15, 0.2) is 24.3 Å². The molecule has 1 aromatic carbocycles. The van der Waals surface area contributed by atoms with Crippen LogP contribution < -0.4 is 10.1 Å². The van der Waals surface area contributed by atoms with Gasteiger partial charge in [0.15, 0.2) is 0 Å². The third kappa shape index (κ3) is 3.25. The minimum Gasteiger partial charge on any atom is -0.497 e. The number of hydrogen-bond acceptors (Lipinski definition) is 2. The van der Waals surface area contributed by atoms with Gasteiger partial charge in [-0.2, -0.15) is 0 Å². The van der Waals surface area contributed by atoms with Crippen molar-refractivity contribution in [2.45, 2.75) is 38.6 Å². The van der Waals surface area contributed by atoms with Crippen LogP contribution >= 0.6 is 0 Å². The fourth-order valence-corrected chi connectivity index (χ4v) is 2.58. The molecule has 2 unspecified atom stereocenters. The van der Waals surface area contributed by atoms with Crippen molar-refractivity contribution >= 4 is 5.91 Å². The Hall–Kier alpha value is -1.51. The third-order valence-electron chi connectivity index (χ3n) is 3.62. The lowest BCUT2D eigenvalue weighted by Crippen LogP contribution is -2.37. The Bertz CT molecular complexity index is 399. The van der Waals surface area contributed by atoms with E-state index >= 15 is 0 Å². The Morgan fingerprint density at radius 3 is 2.61 bits per heavy atom. The molecule has 1 aromatic rings. The number of hydrogen-bond donors (Lipinski definition) is 1. The molecule has 1 N–H and O–H groups in total. The summed E-state index contributed by atoms with van der Waals surface area (Å²) in [6.07, 6.45) is 4.71. The van der Waals surface area contributed by atoms with Crippen molar-refractivity contribution in [3.63, 3.8) is 0 Å². The van der Waals surface area contributed by atoms with Crippen LogP contribution in [0.2, 0.25) is 0 Å². The molecule has 0 radical (unpaired) electrons. The molecule has 0 spiro atoms. The second-order valence-electron chi connectivity index (χ2n) is 5.17. The summed E-state index contributed by atoms with van der Waals surface area (Å²) >= 11 is 0. The molecular weight excluding hydrogens is 226 g/mol. The van der Waals surface area contributed by atoms with E-state index in [-0.39, 0.29) is 5.91 Å². The van der Waals surface area contributed by atoms with E-state index < -0.39 is 0 Å². The second-order valence-corrected chi connectivity index (χ2v) is 5.17. The minimum absolute atomic E-state index is 0.0248. The average molecular weight is 247 g/mol. The van der Waals surface area contributed by atoms with Gasteiger partial charge in [0.1, 0.15) is 5.75 Å². The molecule has 1 aliphatic carbocycles. The Kier molecular flexibility index (Phi) is 4.24. The molecule has 1 aliphatic rings. The molecule has 1 saturated carbocycles. The van der Waals surface area contributed by atoms with E-state index in [1.807, 2.05) is 12.1 Å². The minimum atomic E-state index is 0.0248. The van der Waals surface area contributed by atoms with Crippen LogP contribution in [0.1, 0.15) is 43.0 Å². The predicted octanol–water partition coefficient (Wildman–Crippen LogP) is 3.00. The van der Waals surface area contributed by atoms with Crippen LogP contribution in [0.5, 0.6) is 5.75 Å². The number of amides is 1. The van der Waals surface area contributed by atoms with Crippen LogP contribution in [0, 0.1) is 5.92 Å². The fraction of sp³-hybridized carbons (Fsp3) is 0.533. The fourth-order valence-electron chi connectivity index (χ4n) is 2.58. The molecule has 0 bridgehead atoms. The van der Waals surface area contributed by atoms with Crippen LogP contribution in [0.4, 0.5) is 0 Å². The maximum Gasteiger partial charge on any atom is 0.251 e. The number of methoxy groups -OCH3 is 1. The summed E-state index contributed by atoms with van der Waals surface area (Å²) < 4.78 is 5.08. The highest BCUT2D eigenvalue weighted by Crippen LogP contribution is 2.23. The standard InChI is InChI=1S/C15H21NO2/c1-11-4-3-5-13(10-11)16-15(17)12-6-8-14(18-2)9-7-12/h6-9,11,13H,3-5,10H2,1-2H3,(H,16,17). The summed E-state index contributed by atoms with van der Waals surface area (Å²) in [5.74, 6) is 1.52. The van der Waals surface area contributed by atoms with Crippen molar-refractivity contribution in [2.75, 3.05) is 7.11 Å². The maximum atomic E-state index is 12.1. The van der Waals surface area contributed by atoms with Gasteiger partial charge in [-0.3, -0.25) is 4.79 Å². The summed E-state index contributed by atoms with van der Waals surface area (Å²) in [4.78, 5) is 12.1. The highest BCUT2D eigenvalue weighted by Gasteiger charge is 2.20. The molecular formula is C15H21NO2. The second kappa shape index (κ2) is 5.89. The van der Waals surface area contributed by atoms with Crippen molar-refractivity contribution in [3.05, 3.63) is 29.8 Å². The van der Waals surface area contributed by atoms with Gasteiger partial charge in [-0.25, -0.2) is 0 Å². The van der Waals surface area contributed by atoms with E-state index in [2.05, 4.69) is 12.2 Å². The van der Waals surface area contributed by atoms with Crippen LogP contribution in [0.3, 0.4) is 0 Å². The van der Waals surface area contributed by atoms with Crippen LogP contribution in [-0.4, -0.2) is 19.1 Å². The zero-order chi connectivity index (χ0) is 13.0. The molecule has 0 saturated heterocycles. The third-order valence-corrected chi connectivity index (χ3v) is 3.62. The average Bonchev–Trinajstić information content (AvgIpc) is 2.39. The Morgan fingerprint density at radius 1 is 1.28 bits per heavy atom. The van der Waals surface area contributed by atoms with Crippen LogP contribution in [-0.2, 0) is 0 Å². The Balaban J connectivity index is 1.94. The SMILES string of the molecule is COc1ccc(C(=O)NC2CCCC(C)C2)cc1. The van der Waals surface area contributed by atoms with Gasteiger partial charge >= 0.3 is 0 Å². The first-order chi connectivity index (χ1) is 8.69. The van der Waals surface area contributed by atoms with E-state index in [4.69, 9.17) is 4.74 Å². The summed E-state index contributed by atoms with van der Waals surface area (Å²) in [5.41, 5.74) is 0.703. The molecule has 3 nitrogen and oxygen atoms in total. The number of nitrogens with one attached hydrogen (secondary N) is 1. The van der Waals surface area contributed by atoms with Gasteiger partial charge in [0.2, 0.25) is 0 Å². The highest BCUT2D eigenvalue weighted by molar-refractivity contribution is 5.94. The molecule has 0 heterocycles. The summed E-state index contributed by atoms with van der Waals surface area (Å²) in [7, 11) is 1.62. The predicted molar refractivity (Wildman–Crippen MR) is 71.9 cm³/mol. The van der Waals surface area contributed by atoms with Crippen LogP contribution in [0.25, 0.3) is 0 Å². The van der Waals surface area contributed by atoms with Gasteiger partial charge < -0.3 is 10.1 Å². The van der Waals surface area contributed by atoms with Crippen molar-refractivity contribution in [2.24, 2.45) is 5.92 Å². The Labute approximate surface area is 109 Å². The first-order valence-corrected chi connectivity index (χ1v) is 6.64. The highest BCUT2D eigenvalue weighted by atomic mass is 16.5. The lowest BCUT2D eigenvalue weighted by molar-refractivity contribution is 0.0921. The molecule has 98 valence electrons. The van der Waals surface area contributed by atoms with E-state index in [9.17, 15) is 4.79 Å². The van der Waals surface area contributed by atoms with E-state index in [1.165, 1.54) is 12.8 Å². The topological polar surface area (TPSA) is 38.3 Å². The lowest BCUT2D eigenvalue weighted by atomic mass is 9.87. The summed E-state index contributed by atoms with van der Waals surface area (Å²) in [5, 5.41) is 3.12. The van der Waals surface area contributed by atoms with Crippen molar-refractivity contribution in [1.29, 1.82) is 0 Å². The maximum absolute atomic E-state index is 12.1. The van der Waals surface area contributed by atoms with E-state index in [1.54, 1.807) is 19.2 Å². The van der Waals surface area contributed by atoms with E-state index in [0.717, 1.165) is 24.5 Å². The number of ether oxygens (including phenoxy) is 1. The zero-order valence-electron chi connectivity index (χ0n) is 11.1.